The minimum absolute atomic E-state index is 0.430. The summed E-state index contributed by atoms with van der Waals surface area (Å²) in [6, 6.07) is 13.4. The van der Waals surface area contributed by atoms with Gasteiger partial charge in [-0.25, -0.2) is 9.97 Å². The molecule has 0 radical (unpaired) electrons. The summed E-state index contributed by atoms with van der Waals surface area (Å²) in [6.07, 6.45) is 5.33. The Morgan fingerprint density at radius 1 is 1.12 bits per heavy atom. The maximum Gasteiger partial charge on any atom is 0.138 e. The molecular formula is C19H16ClN5O. The number of pyridine rings is 2. The van der Waals surface area contributed by atoms with Gasteiger partial charge in [0.1, 0.15) is 23.3 Å². The highest BCUT2D eigenvalue weighted by Gasteiger charge is 2.06. The van der Waals surface area contributed by atoms with Crippen molar-refractivity contribution in [3.05, 3.63) is 71.9 Å². The van der Waals surface area contributed by atoms with E-state index in [-0.39, 0.29) is 0 Å². The highest BCUT2D eigenvalue weighted by Crippen LogP contribution is 2.28. The molecule has 26 heavy (non-hydrogen) atoms. The molecule has 4 rings (SSSR count). The van der Waals surface area contributed by atoms with E-state index in [1.165, 1.54) is 0 Å². The topological polar surface area (TPSA) is 64.9 Å². The number of nitrogens with zero attached hydrogens (tertiary/aromatic N) is 4. The number of anilines is 2. The van der Waals surface area contributed by atoms with Gasteiger partial charge in [-0.3, -0.25) is 4.68 Å². The second-order valence-electron chi connectivity index (χ2n) is 5.81. The molecule has 0 fully saturated rings. The van der Waals surface area contributed by atoms with Crippen LogP contribution in [0.2, 0.25) is 5.15 Å². The predicted octanol–water partition coefficient (Wildman–Crippen LogP) is 4.34. The molecule has 7 heteroatoms. The zero-order valence-corrected chi connectivity index (χ0v) is 14.8. The van der Waals surface area contributed by atoms with Crippen molar-refractivity contribution in [3.8, 4) is 5.75 Å². The van der Waals surface area contributed by atoms with Gasteiger partial charge in [0.15, 0.2) is 0 Å². The third-order valence-corrected chi connectivity index (χ3v) is 4.11. The number of ether oxygens (including phenoxy) is 1. The number of aryl methyl sites for hydroxylation is 1. The van der Waals surface area contributed by atoms with E-state index in [0.717, 1.165) is 33.7 Å². The Morgan fingerprint density at radius 2 is 2.04 bits per heavy atom. The fourth-order valence-corrected chi connectivity index (χ4v) is 2.74. The molecule has 6 nitrogen and oxygen atoms in total. The molecule has 0 spiro atoms. The van der Waals surface area contributed by atoms with Crippen LogP contribution in [0.1, 0.15) is 5.69 Å². The van der Waals surface area contributed by atoms with E-state index in [1.807, 2.05) is 49.6 Å². The van der Waals surface area contributed by atoms with E-state index < -0.39 is 0 Å². The van der Waals surface area contributed by atoms with Gasteiger partial charge in [0.05, 0.1) is 17.6 Å². The monoisotopic (exact) mass is 365 g/mol. The molecule has 0 aliphatic rings. The van der Waals surface area contributed by atoms with Crippen molar-refractivity contribution in [2.75, 3.05) is 5.32 Å². The van der Waals surface area contributed by atoms with Crippen LogP contribution in [0, 0.1) is 0 Å². The Hall–Kier alpha value is -3.12. The van der Waals surface area contributed by atoms with Gasteiger partial charge < -0.3 is 10.1 Å². The molecule has 3 heterocycles. The van der Waals surface area contributed by atoms with Gasteiger partial charge in [0, 0.05) is 24.8 Å². The Kier molecular flexibility index (Phi) is 4.41. The van der Waals surface area contributed by atoms with Gasteiger partial charge in [-0.05, 0) is 47.9 Å². The van der Waals surface area contributed by atoms with Crippen molar-refractivity contribution >= 4 is 33.9 Å². The standard InChI is InChI=1S/C19H16ClN5O/c1-25-9-7-15(24-25)12-26-16-3-4-17-13(10-16)6-8-21-19(17)23-14-2-5-18(20)22-11-14/h2-11H,12H2,1H3,(H,21,23). The van der Waals surface area contributed by atoms with E-state index >= 15 is 0 Å². The molecule has 0 saturated carbocycles. The van der Waals surface area contributed by atoms with Crippen molar-refractivity contribution in [3.63, 3.8) is 0 Å². The molecule has 0 bridgehead atoms. The van der Waals surface area contributed by atoms with Gasteiger partial charge in [-0.2, -0.15) is 5.10 Å². The average Bonchev–Trinajstić information content (AvgIpc) is 3.07. The Labute approximate surface area is 155 Å². The molecule has 3 aromatic heterocycles. The van der Waals surface area contributed by atoms with E-state index in [2.05, 4.69) is 20.4 Å². The number of hydrogen-bond donors (Lipinski definition) is 1. The molecule has 0 saturated heterocycles. The number of hydrogen-bond acceptors (Lipinski definition) is 5. The summed E-state index contributed by atoms with van der Waals surface area (Å²) < 4.78 is 7.60. The molecule has 0 unspecified atom stereocenters. The van der Waals surface area contributed by atoms with Crippen molar-refractivity contribution < 1.29 is 4.74 Å². The normalized spacial score (nSPS) is 10.8. The fourth-order valence-electron chi connectivity index (χ4n) is 2.63. The summed E-state index contributed by atoms with van der Waals surface area (Å²) >= 11 is 5.83. The molecular weight excluding hydrogens is 350 g/mol. The van der Waals surface area contributed by atoms with E-state index in [0.29, 0.717) is 11.8 Å². The van der Waals surface area contributed by atoms with Crippen molar-refractivity contribution in [2.24, 2.45) is 7.05 Å². The second-order valence-corrected chi connectivity index (χ2v) is 6.19. The predicted molar refractivity (Wildman–Crippen MR) is 102 cm³/mol. The van der Waals surface area contributed by atoms with Crippen LogP contribution in [0.5, 0.6) is 5.75 Å². The summed E-state index contributed by atoms with van der Waals surface area (Å²) in [5, 5.41) is 10.1. The third-order valence-electron chi connectivity index (χ3n) is 3.88. The summed E-state index contributed by atoms with van der Waals surface area (Å²) in [5.74, 6) is 1.54. The first-order valence-corrected chi connectivity index (χ1v) is 8.44. The first-order chi connectivity index (χ1) is 12.7. The van der Waals surface area contributed by atoms with E-state index in [9.17, 15) is 0 Å². The molecule has 4 aromatic rings. The number of fused-ring (bicyclic) bond motifs is 1. The Morgan fingerprint density at radius 3 is 2.81 bits per heavy atom. The average molecular weight is 366 g/mol. The Balaban J connectivity index is 1.56. The minimum atomic E-state index is 0.430. The smallest absolute Gasteiger partial charge is 0.138 e. The van der Waals surface area contributed by atoms with Gasteiger partial charge in [0.2, 0.25) is 0 Å². The van der Waals surface area contributed by atoms with E-state index in [4.69, 9.17) is 16.3 Å². The quantitative estimate of drug-likeness (QED) is 0.533. The van der Waals surface area contributed by atoms with Crippen LogP contribution in [0.3, 0.4) is 0 Å². The number of benzene rings is 1. The second kappa shape index (κ2) is 7.01. The maximum absolute atomic E-state index is 5.84. The highest BCUT2D eigenvalue weighted by atomic mass is 35.5. The van der Waals surface area contributed by atoms with Crippen molar-refractivity contribution in [1.29, 1.82) is 0 Å². The number of halogens is 1. The number of nitrogens with one attached hydrogen (secondary N) is 1. The third kappa shape index (κ3) is 3.60. The first-order valence-electron chi connectivity index (χ1n) is 8.06. The van der Waals surface area contributed by atoms with Gasteiger partial charge in [0.25, 0.3) is 0 Å². The van der Waals surface area contributed by atoms with Crippen molar-refractivity contribution in [2.45, 2.75) is 6.61 Å². The fraction of sp³-hybridized carbons (Fsp3) is 0.105. The van der Waals surface area contributed by atoms with Crippen LogP contribution in [0.4, 0.5) is 11.5 Å². The zero-order chi connectivity index (χ0) is 17.9. The van der Waals surface area contributed by atoms with Crippen LogP contribution in [-0.4, -0.2) is 19.7 Å². The van der Waals surface area contributed by atoms with E-state index in [1.54, 1.807) is 23.1 Å². The van der Waals surface area contributed by atoms with Crippen LogP contribution in [0.15, 0.2) is 61.1 Å². The van der Waals surface area contributed by atoms with Crippen LogP contribution in [-0.2, 0) is 13.7 Å². The summed E-state index contributed by atoms with van der Waals surface area (Å²) in [5.41, 5.74) is 1.71. The zero-order valence-electron chi connectivity index (χ0n) is 14.1. The number of aromatic nitrogens is 4. The van der Waals surface area contributed by atoms with Gasteiger partial charge >= 0.3 is 0 Å². The lowest BCUT2D eigenvalue weighted by atomic mass is 10.1. The molecule has 1 aromatic carbocycles. The minimum Gasteiger partial charge on any atom is -0.487 e. The number of rotatable bonds is 5. The maximum atomic E-state index is 5.84. The molecule has 130 valence electrons. The molecule has 0 aliphatic carbocycles. The van der Waals surface area contributed by atoms with Crippen molar-refractivity contribution in [1.82, 2.24) is 19.7 Å². The van der Waals surface area contributed by atoms with Crippen LogP contribution in [0.25, 0.3) is 10.8 Å². The molecule has 0 atom stereocenters. The molecule has 0 amide bonds. The largest absolute Gasteiger partial charge is 0.487 e. The van der Waals surface area contributed by atoms with Crippen LogP contribution >= 0.6 is 11.6 Å². The first kappa shape index (κ1) is 16.4. The summed E-state index contributed by atoms with van der Waals surface area (Å²) in [4.78, 5) is 8.50. The lowest BCUT2D eigenvalue weighted by molar-refractivity contribution is 0.300. The highest BCUT2D eigenvalue weighted by molar-refractivity contribution is 6.29. The lowest BCUT2D eigenvalue weighted by Gasteiger charge is -2.10. The van der Waals surface area contributed by atoms with Crippen LogP contribution < -0.4 is 10.1 Å². The SMILES string of the molecule is Cn1ccc(COc2ccc3c(Nc4ccc(Cl)nc4)nccc3c2)n1. The molecule has 0 aliphatic heterocycles. The molecule has 1 N–H and O–H groups in total. The van der Waals surface area contributed by atoms with Gasteiger partial charge in [-0.15, -0.1) is 0 Å². The van der Waals surface area contributed by atoms with Gasteiger partial charge in [-0.1, -0.05) is 11.6 Å². The summed E-state index contributed by atoms with van der Waals surface area (Å²) in [6.45, 7) is 0.430. The lowest BCUT2D eigenvalue weighted by Crippen LogP contribution is -1.98. The Bertz CT molecular complexity index is 1050. The summed E-state index contributed by atoms with van der Waals surface area (Å²) in [7, 11) is 1.89.